The molecule has 2 aromatic rings. The molecule has 172 valence electrons. The van der Waals surface area contributed by atoms with Gasteiger partial charge in [0.15, 0.2) is 0 Å². The van der Waals surface area contributed by atoms with Crippen molar-refractivity contribution in [2.75, 3.05) is 39.8 Å². The second kappa shape index (κ2) is 10.1. The highest BCUT2D eigenvalue weighted by Crippen LogP contribution is 2.39. The summed E-state index contributed by atoms with van der Waals surface area (Å²) in [5.74, 6) is -0.899. The number of aliphatic hydroxyl groups excluding tert-OH is 1. The number of hydrogen-bond acceptors (Lipinski definition) is 4. The van der Waals surface area contributed by atoms with E-state index in [1.807, 2.05) is 18.2 Å². The number of likely N-dealkylation sites (N-methyl/N-ethyl adjacent to an activating group) is 1. The molecule has 1 amide bonds. The third-order valence-electron chi connectivity index (χ3n) is 7.38. The Hall–Kier alpha value is -2.28. The zero-order valence-corrected chi connectivity index (χ0v) is 18.8. The van der Waals surface area contributed by atoms with Gasteiger partial charge in [0.25, 0.3) is 5.91 Å². The van der Waals surface area contributed by atoms with Crippen LogP contribution < -0.4 is 5.32 Å². The predicted octanol–water partition coefficient (Wildman–Crippen LogP) is 3.04. The number of carbonyl (C=O) groups excluding carboxylic acids is 1. The molecule has 2 N–H and O–H groups in total. The van der Waals surface area contributed by atoms with Gasteiger partial charge >= 0.3 is 0 Å². The summed E-state index contributed by atoms with van der Waals surface area (Å²) < 4.78 is 14.1. The molecule has 4 rings (SSSR count). The van der Waals surface area contributed by atoms with Crippen molar-refractivity contribution < 1.29 is 14.3 Å². The van der Waals surface area contributed by atoms with Crippen LogP contribution in [0.1, 0.15) is 41.6 Å². The van der Waals surface area contributed by atoms with Crippen LogP contribution >= 0.6 is 0 Å². The summed E-state index contributed by atoms with van der Waals surface area (Å²) in [6, 6.07) is 16.5. The zero-order chi connectivity index (χ0) is 22.6. The lowest BCUT2D eigenvalue weighted by Gasteiger charge is -2.39. The molecule has 1 aliphatic heterocycles. The van der Waals surface area contributed by atoms with Gasteiger partial charge in [-0.25, -0.2) is 4.39 Å². The smallest absolute Gasteiger partial charge is 0.254 e. The maximum atomic E-state index is 14.1. The van der Waals surface area contributed by atoms with Gasteiger partial charge < -0.3 is 15.3 Å². The first-order valence-corrected chi connectivity index (χ1v) is 11.7. The highest BCUT2D eigenvalue weighted by atomic mass is 19.1. The number of amides is 1. The molecule has 2 aromatic carbocycles. The van der Waals surface area contributed by atoms with Crippen molar-refractivity contribution in [2.24, 2.45) is 0 Å². The zero-order valence-electron chi connectivity index (χ0n) is 18.8. The number of piperazine rings is 1. The minimum atomic E-state index is -0.509. The van der Waals surface area contributed by atoms with Gasteiger partial charge in [-0.05, 0) is 50.4 Å². The van der Waals surface area contributed by atoms with Gasteiger partial charge in [0, 0.05) is 44.2 Å². The summed E-state index contributed by atoms with van der Waals surface area (Å²) in [7, 11) is 2.14. The molecule has 0 spiro atoms. The van der Waals surface area contributed by atoms with Crippen LogP contribution in [0.5, 0.6) is 0 Å². The van der Waals surface area contributed by atoms with Gasteiger partial charge in [-0.3, -0.25) is 9.69 Å². The molecule has 1 saturated heterocycles. The van der Waals surface area contributed by atoms with E-state index in [4.69, 9.17) is 0 Å². The normalized spacial score (nSPS) is 27.6. The van der Waals surface area contributed by atoms with Gasteiger partial charge in [0.05, 0.1) is 11.7 Å². The van der Waals surface area contributed by atoms with Crippen LogP contribution in [-0.2, 0) is 5.41 Å². The van der Waals surface area contributed by atoms with Crippen molar-refractivity contribution in [1.29, 1.82) is 0 Å². The fourth-order valence-electron chi connectivity index (χ4n) is 5.29. The van der Waals surface area contributed by atoms with Crippen molar-refractivity contribution in [3.63, 3.8) is 0 Å². The standard InChI is InChI=1S/C26H34FN3O2/c1-29-15-17-30(18-16-29)23-11-13-26(14-12-24(23)31,20-7-3-2-4-8-20)19-28-25(32)21-9-5-6-10-22(21)27/h2-10,23-24,31H,11-19H2,1H3,(H,28,32)/t23-,24-,26-/m0/s1. The number of carbonyl (C=O) groups is 1. The summed E-state index contributed by atoms with van der Waals surface area (Å²) in [4.78, 5) is 17.5. The summed E-state index contributed by atoms with van der Waals surface area (Å²) in [5.41, 5.74) is 0.949. The molecule has 0 unspecified atom stereocenters. The van der Waals surface area contributed by atoms with Crippen molar-refractivity contribution in [3.8, 4) is 0 Å². The minimum absolute atomic E-state index is 0.0691. The summed E-state index contributed by atoms with van der Waals surface area (Å²) >= 11 is 0. The summed E-state index contributed by atoms with van der Waals surface area (Å²) in [6.07, 6.45) is 2.81. The number of benzene rings is 2. The molecule has 0 aromatic heterocycles. The van der Waals surface area contributed by atoms with Crippen molar-refractivity contribution in [2.45, 2.75) is 43.2 Å². The molecule has 3 atom stereocenters. The molecule has 1 heterocycles. The number of nitrogens with one attached hydrogen (secondary N) is 1. The van der Waals surface area contributed by atoms with Gasteiger partial charge in [-0.1, -0.05) is 42.5 Å². The number of aliphatic hydroxyl groups is 1. The Labute approximate surface area is 190 Å². The molecule has 1 aliphatic carbocycles. The maximum absolute atomic E-state index is 14.1. The van der Waals surface area contributed by atoms with Crippen molar-refractivity contribution >= 4 is 5.91 Å². The van der Waals surface area contributed by atoms with Crippen LogP contribution in [0.25, 0.3) is 0 Å². The maximum Gasteiger partial charge on any atom is 0.254 e. The van der Waals surface area contributed by atoms with E-state index >= 15 is 0 Å². The second-order valence-corrected chi connectivity index (χ2v) is 9.36. The van der Waals surface area contributed by atoms with Gasteiger partial charge in [0.2, 0.25) is 0 Å². The topological polar surface area (TPSA) is 55.8 Å². The lowest BCUT2D eigenvalue weighted by Crippen LogP contribution is -2.52. The Morgan fingerprint density at radius 2 is 1.69 bits per heavy atom. The highest BCUT2D eigenvalue weighted by molar-refractivity contribution is 5.94. The van der Waals surface area contributed by atoms with Crippen LogP contribution in [0.2, 0.25) is 0 Å². The van der Waals surface area contributed by atoms with Crippen LogP contribution in [0.4, 0.5) is 4.39 Å². The average molecular weight is 440 g/mol. The predicted molar refractivity (Wildman–Crippen MR) is 124 cm³/mol. The third kappa shape index (κ3) is 5.03. The van der Waals surface area contributed by atoms with E-state index in [1.165, 1.54) is 17.7 Å². The number of rotatable bonds is 5. The Bertz CT molecular complexity index is 901. The Kier molecular flexibility index (Phi) is 7.23. The van der Waals surface area contributed by atoms with Crippen LogP contribution in [0.3, 0.4) is 0 Å². The Balaban J connectivity index is 1.53. The third-order valence-corrected chi connectivity index (χ3v) is 7.38. The van der Waals surface area contributed by atoms with Gasteiger partial charge in [0.1, 0.15) is 5.82 Å². The monoisotopic (exact) mass is 439 g/mol. The molecule has 2 aliphatic rings. The first kappa shape index (κ1) is 22.9. The Morgan fingerprint density at radius 1 is 1.03 bits per heavy atom. The minimum Gasteiger partial charge on any atom is -0.391 e. The van der Waals surface area contributed by atoms with Crippen LogP contribution in [0.15, 0.2) is 54.6 Å². The van der Waals surface area contributed by atoms with E-state index < -0.39 is 5.82 Å². The molecule has 2 fully saturated rings. The lowest BCUT2D eigenvalue weighted by molar-refractivity contribution is 0.0200. The first-order valence-electron chi connectivity index (χ1n) is 11.7. The summed E-state index contributed by atoms with van der Waals surface area (Å²) in [6.45, 7) is 4.41. The molecular weight excluding hydrogens is 405 g/mol. The number of hydrogen-bond donors (Lipinski definition) is 2. The van der Waals surface area contributed by atoms with E-state index in [0.29, 0.717) is 13.0 Å². The van der Waals surface area contributed by atoms with E-state index in [9.17, 15) is 14.3 Å². The quantitative estimate of drug-likeness (QED) is 0.704. The molecular formula is C26H34FN3O2. The van der Waals surface area contributed by atoms with Gasteiger partial charge in [-0.2, -0.15) is 0 Å². The molecule has 1 saturated carbocycles. The van der Waals surface area contributed by atoms with Crippen molar-refractivity contribution in [3.05, 3.63) is 71.5 Å². The Morgan fingerprint density at radius 3 is 2.41 bits per heavy atom. The fraction of sp³-hybridized carbons (Fsp3) is 0.500. The van der Waals surface area contributed by atoms with Crippen LogP contribution in [0, 0.1) is 5.82 Å². The van der Waals surface area contributed by atoms with E-state index in [0.717, 1.165) is 45.4 Å². The SMILES string of the molecule is CN1CCN([C@H]2CC[C@](CNC(=O)c3ccccc3F)(c3ccccc3)CC[C@@H]2O)CC1. The average Bonchev–Trinajstić information content (AvgIpc) is 2.99. The molecule has 0 radical (unpaired) electrons. The van der Waals surface area contributed by atoms with E-state index in [-0.39, 0.29) is 29.0 Å². The highest BCUT2D eigenvalue weighted by Gasteiger charge is 2.40. The molecule has 0 bridgehead atoms. The van der Waals surface area contributed by atoms with E-state index in [1.54, 1.807) is 12.1 Å². The summed E-state index contributed by atoms with van der Waals surface area (Å²) in [5, 5.41) is 14.1. The molecule has 6 heteroatoms. The van der Waals surface area contributed by atoms with Crippen molar-refractivity contribution in [1.82, 2.24) is 15.1 Å². The number of nitrogens with zero attached hydrogens (tertiary/aromatic N) is 2. The molecule has 32 heavy (non-hydrogen) atoms. The van der Waals surface area contributed by atoms with Gasteiger partial charge in [-0.15, -0.1) is 0 Å². The van der Waals surface area contributed by atoms with E-state index in [2.05, 4.69) is 34.3 Å². The second-order valence-electron chi connectivity index (χ2n) is 9.36. The fourth-order valence-corrected chi connectivity index (χ4v) is 5.29. The lowest BCUT2D eigenvalue weighted by atomic mass is 9.74. The number of halogens is 1. The van der Waals surface area contributed by atoms with Crippen LogP contribution in [-0.4, -0.2) is 72.7 Å². The largest absolute Gasteiger partial charge is 0.391 e. The first-order chi connectivity index (χ1) is 15.5. The molecule has 5 nitrogen and oxygen atoms in total.